The van der Waals surface area contributed by atoms with E-state index in [4.69, 9.17) is 4.74 Å². The largest absolute Gasteiger partial charge is 0.393 e. The maximum Gasteiger partial charge on any atom is 0.159 e. The fourth-order valence-corrected chi connectivity index (χ4v) is 4.61. The van der Waals surface area contributed by atoms with E-state index in [1.165, 1.54) is 0 Å². The molecule has 1 aliphatic heterocycles. The van der Waals surface area contributed by atoms with Crippen molar-refractivity contribution in [1.29, 1.82) is 0 Å². The average Bonchev–Trinajstić information content (AvgIpc) is 3.11. The number of hydrogen-bond donors (Lipinski definition) is 1. The first kappa shape index (κ1) is 16.0. The first-order chi connectivity index (χ1) is 11.5. The molecule has 1 saturated carbocycles. The lowest BCUT2D eigenvalue weighted by atomic mass is 9.79. The minimum Gasteiger partial charge on any atom is -0.393 e. The zero-order valence-corrected chi connectivity index (χ0v) is 14.7. The molecule has 0 spiro atoms. The number of aryl methyl sites for hydroxylation is 2. The predicted octanol–water partition coefficient (Wildman–Crippen LogP) is 1.85. The van der Waals surface area contributed by atoms with E-state index in [-0.39, 0.29) is 17.7 Å². The average molecular weight is 330 g/mol. The monoisotopic (exact) mass is 330 g/mol. The van der Waals surface area contributed by atoms with Crippen molar-refractivity contribution in [1.82, 2.24) is 19.5 Å². The van der Waals surface area contributed by atoms with Gasteiger partial charge in [-0.25, -0.2) is 9.50 Å². The molecule has 0 amide bonds. The SMILES string of the molecule is CO[C@@]12CC[C@H](O)C[C@@H]1N(Cc1cnn3c(C)cc(C)nc13)CC2. The Hall–Kier alpha value is -1.50. The summed E-state index contributed by atoms with van der Waals surface area (Å²) in [6.45, 7) is 5.88. The summed E-state index contributed by atoms with van der Waals surface area (Å²) in [5.74, 6) is 0. The molecule has 0 aromatic carbocycles. The molecule has 2 fully saturated rings. The lowest BCUT2D eigenvalue weighted by molar-refractivity contribution is -0.0879. The Bertz CT molecular complexity index is 759. The van der Waals surface area contributed by atoms with Gasteiger partial charge in [-0.1, -0.05) is 0 Å². The Morgan fingerprint density at radius 3 is 3.00 bits per heavy atom. The maximum atomic E-state index is 10.1. The highest BCUT2D eigenvalue weighted by atomic mass is 16.5. The molecule has 0 unspecified atom stereocenters. The van der Waals surface area contributed by atoms with Crippen LogP contribution in [-0.4, -0.2) is 56.0 Å². The standard InChI is InChI=1S/C18H26N4O2/c1-12-8-13(2)22-17(20-12)14(10-19-22)11-21-7-6-18(24-3)5-4-15(23)9-16(18)21/h8,10,15-16,23H,4-7,9,11H2,1-3H3/t15-,16-,18+/m0/s1. The van der Waals surface area contributed by atoms with Gasteiger partial charge in [0.2, 0.25) is 0 Å². The van der Waals surface area contributed by atoms with Crippen LogP contribution >= 0.6 is 0 Å². The van der Waals surface area contributed by atoms with Gasteiger partial charge in [0, 0.05) is 43.2 Å². The molecule has 2 aliphatic rings. The van der Waals surface area contributed by atoms with Gasteiger partial charge in [0.15, 0.2) is 5.65 Å². The topological polar surface area (TPSA) is 62.9 Å². The number of hydrogen-bond acceptors (Lipinski definition) is 5. The maximum absolute atomic E-state index is 10.1. The van der Waals surface area contributed by atoms with Crippen LogP contribution in [0.25, 0.3) is 5.65 Å². The van der Waals surface area contributed by atoms with Crippen LogP contribution in [-0.2, 0) is 11.3 Å². The summed E-state index contributed by atoms with van der Waals surface area (Å²) in [5, 5.41) is 14.6. The molecule has 0 bridgehead atoms. The van der Waals surface area contributed by atoms with E-state index in [0.29, 0.717) is 0 Å². The first-order valence-corrected chi connectivity index (χ1v) is 8.80. The number of likely N-dealkylation sites (tertiary alicyclic amines) is 1. The van der Waals surface area contributed by atoms with E-state index in [1.807, 2.05) is 30.8 Å². The summed E-state index contributed by atoms with van der Waals surface area (Å²) in [5.41, 5.74) is 4.11. The lowest BCUT2D eigenvalue weighted by Gasteiger charge is -2.42. The van der Waals surface area contributed by atoms with Crippen LogP contribution in [0.5, 0.6) is 0 Å². The zero-order chi connectivity index (χ0) is 16.9. The summed E-state index contributed by atoms with van der Waals surface area (Å²) >= 11 is 0. The molecule has 1 aliphatic carbocycles. The number of rotatable bonds is 3. The van der Waals surface area contributed by atoms with Crippen molar-refractivity contribution < 1.29 is 9.84 Å². The van der Waals surface area contributed by atoms with Crippen molar-refractivity contribution in [2.75, 3.05) is 13.7 Å². The van der Waals surface area contributed by atoms with Crippen molar-refractivity contribution in [3.63, 3.8) is 0 Å². The Labute approximate surface area is 142 Å². The molecule has 6 heteroatoms. The number of ether oxygens (including phenoxy) is 1. The van der Waals surface area contributed by atoms with E-state index in [2.05, 4.69) is 21.9 Å². The van der Waals surface area contributed by atoms with Crippen LogP contribution in [0.4, 0.5) is 0 Å². The molecule has 4 rings (SSSR count). The number of aliphatic hydroxyl groups excluding tert-OH is 1. The molecule has 130 valence electrons. The van der Waals surface area contributed by atoms with Gasteiger partial charge in [-0.3, -0.25) is 4.90 Å². The second-order valence-corrected chi connectivity index (χ2v) is 7.38. The van der Waals surface area contributed by atoms with Crippen LogP contribution < -0.4 is 0 Å². The number of fused-ring (bicyclic) bond motifs is 2. The third kappa shape index (κ3) is 2.44. The Kier molecular flexibility index (Phi) is 3.86. The van der Waals surface area contributed by atoms with Gasteiger partial charge >= 0.3 is 0 Å². The molecule has 2 aromatic heterocycles. The predicted molar refractivity (Wildman–Crippen MR) is 90.9 cm³/mol. The van der Waals surface area contributed by atoms with Crippen molar-refractivity contribution in [2.24, 2.45) is 0 Å². The summed E-state index contributed by atoms with van der Waals surface area (Å²) in [6, 6.07) is 2.32. The quantitative estimate of drug-likeness (QED) is 0.930. The minimum absolute atomic E-state index is 0.0958. The van der Waals surface area contributed by atoms with Crippen molar-refractivity contribution in [3.05, 3.63) is 29.2 Å². The fraction of sp³-hybridized carbons (Fsp3) is 0.667. The van der Waals surface area contributed by atoms with Crippen molar-refractivity contribution in [2.45, 2.75) is 63.8 Å². The fourth-order valence-electron chi connectivity index (χ4n) is 4.61. The molecule has 2 aromatic rings. The first-order valence-electron chi connectivity index (χ1n) is 8.80. The smallest absolute Gasteiger partial charge is 0.159 e. The Balaban J connectivity index is 1.64. The molecule has 3 atom stereocenters. The highest BCUT2D eigenvalue weighted by Crippen LogP contribution is 2.43. The van der Waals surface area contributed by atoms with Crippen LogP contribution in [0.3, 0.4) is 0 Å². The number of aromatic nitrogens is 3. The molecule has 24 heavy (non-hydrogen) atoms. The van der Waals surface area contributed by atoms with Gasteiger partial charge in [0.25, 0.3) is 0 Å². The van der Waals surface area contributed by atoms with Crippen LogP contribution in [0.1, 0.15) is 42.6 Å². The summed E-state index contributed by atoms with van der Waals surface area (Å²) in [4.78, 5) is 7.13. The van der Waals surface area contributed by atoms with Gasteiger partial charge in [0.05, 0.1) is 17.9 Å². The van der Waals surface area contributed by atoms with Crippen molar-refractivity contribution in [3.8, 4) is 0 Å². The van der Waals surface area contributed by atoms with Gasteiger partial charge in [-0.05, 0) is 45.6 Å². The molecule has 1 N–H and O–H groups in total. The number of aliphatic hydroxyl groups is 1. The van der Waals surface area contributed by atoms with Gasteiger partial charge in [-0.15, -0.1) is 0 Å². The van der Waals surface area contributed by atoms with Gasteiger partial charge in [-0.2, -0.15) is 5.10 Å². The molecular formula is C18H26N4O2. The number of nitrogens with zero attached hydrogens (tertiary/aromatic N) is 4. The highest BCUT2D eigenvalue weighted by molar-refractivity contribution is 5.48. The van der Waals surface area contributed by atoms with Crippen molar-refractivity contribution >= 4 is 5.65 Å². The normalized spacial score (nSPS) is 30.8. The molecule has 3 heterocycles. The minimum atomic E-state index is -0.217. The van der Waals surface area contributed by atoms with Gasteiger partial charge < -0.3 is 9.84 Å². The molecule has 6 nitrogen and oxygen atoms in total. The van der Waals surface area contributed by atoms with E-state index in [1.54, 1.807) is 0 Å². The Morgan fingerprint density at radius 1 is 1.38 bits per heavy atom. The number of methoxy groups -OCH3 is 1. The summed E-state index contributed by atoms with van der Waals surface area (Å²) in [6.07, 6.45) is 5.32. The van der Waals surface area contributed by atoms with E-state index in [0.717, 1.165) is 61.4 Å². The van der Waals surface area contributed by atoms with Crippen LogP contribution in [0, 0.1) is 13.8 Å². The van der Waals surface area contributed by atoms with E-state index < -0.39 is 0 Å². The van der Waals surface area contributed by atoms with E-state index in [9.17, 15) is 5.11 Å². The summed E-state index contributed by atoms with van der Waals surface area (Å²) in [7, 11) is 1.82. The van der Waals surface area contributed by atoms with Crippen LogP contribution in [0.2, 0.25) is 0 Å². The third-order valence-corrected chi connectivity index (χ3v) is 5.90. The second-order valence-electron chi connectivity index (χ2n) is 7.38. The van der Waals surface area contributed by atoms with Crippen LogP contribution in [0.15, 0.2) is 12.3 Å². The molecular weight excluding hydrogens is 304 g/mol. The summed E-state index contributed by atoms with van der Waals surface area (Å²) < 4.78 is 7.85. The molecule has 0 radical (unpaired) electrons. The second kappa shape index (κ2) is 5.79. The molecule has 1 saturated heterocycles. The highest BCUT2D eigenvalue weighted by Gasteiger charge is 2.50. The third-order valence-electron chi connectivity index (χ3n) is 5.90. The Morgan fingerprint density at radius 2 is 2.21 bits per heavy atom. The van der Waals surface area contributed by atoms with E-state index >= 15 is 0 Å². The lowest BCUT2D eigenvalue weighted by Crippen LogP contribution is -2.51. The zero-order valence-electron chi connectivity index (χ0n) is 14.7. The van der Waals surface area contributed by atoms with Gasteiger partial charge in [0.1, 0.15) is 0 Å².